The summed E-state index contributed by atoms with van der Waals surface area (Å²) in [7, 11) is -0.678. The zero-order valence-electron chi connectivity index (χ0n) is 6.25. The smallest absolute Gasteiger partial charge is 0.0541 e. The zero-order valence-corrected chi connectivity index (χ0v) is 7.06. The number of aliphatic hydroxyl groups excluding tert-OH is 1. The van der Waals surface area contributed by atoms with Crippen LogP contribution in [0.5, 0.6) is 0 Å². The summed E-state index contributed by atoms with van der Waals surface area (Å²) in [4.78, 5) is 0. The molecule has 0 aliphatic heterocycles. The van der Waals surface area contributed by atoms with Crippen molar-refractivity contribution < 1.29 is 9.32 Å². The van der Waals surface area contributed by atoms with Crippen LogP contribution < -0.4 is 0 Å². The van der Waals surface area contributed by atoms with Crippen LogP contribution in [0.3, 0.4) is 0 Å². The summed E-state index contributed by atoms with van der Waals surface area (Å²) in [6.07, 6.45) is 5.17. The Kier molecular flexibility index (Phi) is 2.86. The van der Waals surface area contributed by atoms with Crippen molar-refractivity contribution in [1.82, 2.24) is 0 Å². The Hall–Kier alpha value is 0.110. The van der Waals surface area contributed by atoms with Gasteiger partial charge in [0, 0.05) is 22.3 Å². The summed E-state index contributed by atoms with van der Waals surface area (Å²) in [5, 5.41) is 9.46. The van der Waals surface area contributed by atoms with Crippen LogP contribution in [0.1, 0.15) is 25.7 Å². The van der Waals surface area contributed by atoms with Crippen molar-refractivity contribution in [3.63, 3.8) is 0 Å². The second-order valence-corrected chi connectivity index (χ2v) is 4.59. The van der Waals surface area contributed by atoms with Crippen molar-refractivity contribution in [2.24, 2.45) is 0 Å². The highest BCUT2D eigenvalue weighted by atomic mass is 32.2. The van der Waals surface area contributed by atoms with Gasteiger partial charge < -0.3 is 5.11 Å². The summed E-state index contributed by atoms with van der Waals surface area (Å²) in [5.41, 5.74) is 0. The fourth-order valence-electron chi connectivity index (χ4n) is 1.38. The van der Waals surface area contributed by atoms with E-state index >= 15 is 0 Å². The molecule has 1 fully saturated rings. The van der Waals surface area contributed by atoms with Gasteiger partial charge in [0.25, 0.3) is 0 Å². The summed E-state index contributed by atoms with van der Waals surface area (Å²) >= 11 is 0. The molecular weight excluding hydrogens is 148 g/mol. The molecule has 1 unspecified atom stereocenters. The van der Waals surface area contributed by atoms with Crippen molar-refractivity contribution in [2.75, 3.05) is 6.26 Å². The highest BCUT2D eigenvalue weighted by molar-refractivity contribution is 7.84. The maximum atomic E-state index is 10.9. The number of aliphatic hydroxyl groups is 1. The fourth-order valence-corrected chi connectivity index (χ4v) is 2.31. The van der Waals surface area contributed by atoms with E-state index in [1.807, 2.05) is 0 Å². The third-order valence-electron chi connectivity index (χ3n) is 2.11. The minimum absolute atomic E-state index is 0.125. The van der Waals surface area contributed by atoms with Crippen LogP contribution in [-0.4, -0.2) is 26.9 Å². The van der Waals surface area contributed by atoms with Gasteiger partial charge in [-0.15, -0.1) is 0 Å². The van der Waals surface area contributed by atoms with Gasteiger partial charge in [-0.2, -0.15) is 0 Å². The van der Waals surface area contributed by atoms with E-state index in [0.29, 0.717) is 5.25 Å². The molecule has 0 aromatic rings. The minimum Gasteiger partial charge on any atom is -0.393 e. The molecule has 0 aromatic heterocycles. The van der Waals surface area contributed by atoms with Gasteiger partial charge in [0.15, 0.2) is 0 Å². The lowest BCUT2D eigenvalue weighted by Crippen LogP contribution is -2.24. The quantitative estimate of drug-likeness (QED) is 0.615. The summed E-state index contributed by atoms with van der Waals surface area (Å²) in [6, 6.07) is 0. The standard InChI is InChI=1S/C7H14O2S/c1-10(9)7-4-2-6(8)3-5-7/h6-8H,2-5H2,1H3. The first-order chi connectivity index (χ1) is 4.70. The molecule has 10 heavy (non-hydrogen) atoms. The molecule has 2 nitrogen and oxygen atoms in total. The first-order valence-electron chi connectivity index (χ1n) is 3.70. The molecule has 3 heteroatoms. The molecule has 0 saturated heterocycles. The predicted octanol–water partition coefficient (Wildman–Crippen LogP) is 0.668. The average Bonchev–Trinajstić information content (AvgIpc) is 1.88. The first kappa shape index (κ1) is 8.21. The Morgan fingerprint density at radius 3 is 2.20 bits per heavy atom. The average molecular weight is 162 g/mol. The predicted molar refractivity (Wildman–Crippen MR) is 42.3 cm³/mol. The van der Waals surface area contributed by atoms with Gasteiger partial charge >= 0.3 is 0 Å². The molecule has 60 valence electrons. The topological polar surface area (TPSA) is 37.3 Å². The van der Waals surface area contributed by atoms with Crippen molar-refractivity contribution in [3.8, 4) is 0 Å². The lowest BCUT2D eigenvalue weighted by Gasteiger charge is -2.23. The third-order valence-corrected chi connectivity index (χ3v) is 3.52. The molecule has 0 spiro atoms. The van der Waals surface area contributed by atoms with E-state index in [9.17, 15) is 4.21 Å². The maximum Gasteiger partial charge on any atom is 0.0541 e. The van der Waals surface area contributed by atoms with Gasteiger partial charge in [-0.05, 0) is 25.7 Å². The number of hydrogen-bond acceptors (Lipinski definition) is 2. The third kappa shape index (κ3) is 2.06. The summed E-state index contributed by atoms with van der Waals surface area (Å²) in [5.74, 6) is 0. The Morgan fingerprint density at radius 1 is 1.30 bits per heavy atom. The second-order valence-electron chi connectivity index (χ2n) is 2.93. The van der Waals surface area contributed by atoms with Crippen molar-refractivity contribution >= 4 is 10.8 Å². The SMILES string of the molecule is CS(=O)C1CCC(O)CC1. The van der Waals surface area contributed by atoms with E-state index in [2.05, 4.69) is 0 Å². The van der Waals surface area contributed by atoms with E-state index in [1.54, 1.807) is 6.26 Å². The molecular formula is C7H14O2S. The molecule has 0 aromatic carbocycles. The van der Waals surface area contributed by atoms with E-state index in [1.165, 1.54) is 0 Å². The molecule has 1 aliphatic rings. The van der Waals surface area contributed by atoms with E-state index in [-0.39, 0.29) is 6.10 Å². The van der Waals surface area contributed by atoms with E-state index in [4.69, 9.17) is 5.11 Å². The summed E-state index contributed by atoms with van der Waals surface area (Å²) in [6.45, 7) is 0. The Morgan fingerprint density at radius 2 is 1.80 bits per heavy atom. The van der Waals surface area contributed by atoms with Crippen LogP contribution in [0, 0.1) is 0 Å². The van der Waals surface area contributed by atoms with Crippen LogP contribution in [0.25, 0.3) is 0 Å². The fraction of sp³-hybridized carbons (Fsp3) is 1.00. The van der Waals surface area contributed by atoms with Crippen LogP contribution in [-0.2, 0) is 10.8 Å². The molecule has 0 bridgehead atoms. The van der Waals surface area contributed by atoms with Gasteiger partial charge in [-0.3, -0.25) is 4.21 Å². The number of hydrogen-bond donors (Lipinski definition) is 1. The molecule has 1 aliphatic carbocycles. The van der Waals surface area contributed by atoms with Gasteiger partial charge in [0.05, 0.1) is 6.10 Å². The van der Waals surface area contributed by atoms with Gasteiger partial charge in [-0.25, -0.2) is 0 Å². The van der Waals surface area contributed by atoms with Crippen LogP contribution in [0.2, 0.25) is 0 Å². The maximum absolute atomic E-state index is 10.9. The van der Waals surface area contributed by atoms with Gasteiger partial charge in [0.1, 0.15) is 0 Å². The van der Waals surface area contributed by atoms with Crippen molar-refractivity contribution in [3.05, 3.63) is 0 Å². The molecule has 1 N–H and O–H groups in total. The highest BCUT2D eigenvalue weighted by Crippen LogP contribution is 2.21. The Bertz CT molecular complexity index is 128. The number of rotatable bonds is 1. The molecule has 1 rings (SSSR count). The molecule has 1 saturated carbocycles. The Balaban J connectivity index is 2.33. The van der Waals surface area contributed by atoms with Crippen LogP contribution in [0.4, 0.5) is 0 Å². The van der Waals surface area contributed by atoms with E-state index < -0.39 is 10.8 Å². The normalized spacial score (nSPS) is 37.4. The van der Waals surface area contributed by atoms with Crippen LogP contribution in [0.15, 0.2) is 0 Å². The first-order valence-corrected chi connectivity index (χ1v) is 5.32. The minimum atomic E-state index is -0.678. The Labute approximate surface area is 64.1 Å². The highest BCUT2D eigenvalue weighted by Gasteiger charge is 2.21. The largest absolute Gasteiger partial charge is 0.393 e. The lowest BCUT2D eigenvalue weighted by atomic mass is 9.97. The van der Waals surface area contributed by atoms with Gasteiger partial charge in [0.2, 0.25) is 0 Å². The molecule has 1 atom stereocenters. The zero-order chi connectivity index (χ0) is 7.56. The monoisotopic (exact) mass is 162 g/mol. The van der Waals surface area contributed by atoms with Crippen molar-refractivity contribution in [2.45, 2.75) is 37.0 Å². The van der Waals surface area contributed by atoms with E-state index in [0.717, 1.165) is 25.7 Å². The second kappa shape index (κ2) is 3.49. The molecule has 0 heterocycles. The van der Waals surface area contributed by atoms with Crippen molar-refractivity contribution in [1.29, 1.82) is 0 Å². The molecule has 0 amide bonds. The van der Waals surface area contributed by atoms with Gasteiger partial charge in [-0.1, -0.05) is 0 Å². The van der Waals surface area contributed by atoms with Crippen LogP contribution >= 0.6 is 0 Å². The lowest BCUT2D eigenvalue weighted by molar-refractivity contribution is 0.132. The summed E-state index contributed by atoms with van der Waals surface area (Å²) < 4.78 is 10.9. The molecule has 0 radical (unpaired) electrons.